The van der Waals surface area contributed by atoms with Crippen molar-refractivity contribution in [3.8, 4) is 0 Å². The zero-order chi connectivity index (χ0) is 24.1. The van der Waals surface area contributed by atoms with Gasteiger partial charge >= 0.3 is 18.4 Å². The number of carbonyl (C=O) groups excluding carboxylic acids is 3. The lowest BCUT2D eigenvalue weighted by Crippen LogP contribution is -2.69. The predicted molar refractivity (Wildman–Crippen MR) is 99.0 cm³/mol. The van der Waals surface area contributed by atoms with Crippen molar-refractivity contribution >= 4 is 17.8 Å². The van der Waals surface area contributed by atoms with E-state index in [1.165, 1.54) is 5.32 Å². The van der Waals surface area contributed by atoms with E-state index in [4.69, 9.17) is 0 Å². The molecule has 4 amide bonds. The Labute approximate surface area is 179 Å². The van der Waals surface area contributed by atoms with Gasteiger partial charge in [0.2, 0.25) is 0 Å². The van der Waals surface area contributed by atoms with Gasteiger partial charge in [-0.25, -0.2) is 4.79 Å². The van der Waals surface area contributed by atoms with Crippen molar-refractivity contribution in [2.45, 2.75) is 57.2 Å². The van der Waals surface area contributed by atoms with Crippen LogP contribution in [0, 0.1) is 11.8 Å². The van der Waals surface area contributed by atoms with Crippen molar-refractivity contribution < 1.29 is 40.7 Å². The van der Waals surface area contributed by atoms with E-state index < -0.39 is 53.0 Å². The van der Waals surface area contributed by atoms with Crippen molar-refractivity contribution in [3.05, 3.63) is 35.4 Å². The molecule has 0 radical (unpaired) electrons. The van der Waals surface area contributed by atoms with Crippen LogP contribution in [0.5, 0.6) is 0 Å². The van der Waals surface area contributed by atoms with Crippen molar-refractivity contribution in [2.75, 3.05) is 0 Å². The number of alkyl halides is 6. The molecular formula is C20H21F6N3O3. The van der Waals surface area contributed by atoms with Gasteiger partial charge in [-0.2, -0.15) is 26.3 Å². The zero-order valence-corrected chi connectivity index (χ0v) is 17.1. The summed E-state index contributed by atoms with van der Waals surface area (Å²) in [7, 11) is 0. The third-order valence-electron chi connectivity index (χ3n) is 6.23. The third kappa shape index (κ3) is 4.02. The molecule has 6 nitrogen and oxygen atoms in total. The maximum Gasteiger partial charge on any atom is 0.440 e. The fourth-order valence-corrected chi connectivity index (χ4v) is 4.19. The quantitative estimate of drug-likeness (QED) is 0.522. The molecule has 1 heterocycles. The van der Waals surface area contributed by atoms with E-state index in [-0.39, 0.29) is 11.8 Å². The first-order valence-electron chi connectivity index (χ1n) is 9.91. The Morgan fingerprint density at radius 3 is 2.38 bits per heavy atom. The maximum absolute atomic E-state index is 14.0. The Kier molecular flexibility index (Phi) is 5.94. The fourth-order valence-electron chi connectivity index (χ4n) is 4.19. The molecule has 0 bridgehead atoms. The van der Waals surface area contributed by atoms with E-state index in [0.29, 0.717) is 29.9 Å². The van der Waals surface area contributed by atoms with Gasteiger partial charge in [-0.1, -0.05) is 32.8 Å². The topological polar surface area (TPSA) is 78.5 Å². The first-order valence-corrected chi connectivity index (χ1v) is 9.91. The molecule has 2 fully saturated rings. The molecule has 176 valence electrons. The van der Waals surface area contributed by atoms with E-state index in [0.717, 1.165) is 18.6 Å². The number of amides is 4. The molecule has 1 aromatic rings. The van der Waals surface area contributed by atoms with Gasteiger partial charge in [0.1, 0.15) is 0 Å². The Balaban J connectivity index is 1.95. The van der Waals surface area contributed by atoms with Gasteiger partial charge in [-0.05, 0) is 36.5 Å². The lowest BCUT2D eigenvalue weighted by atomic mass is 9.77. The minimum Gasteiger partial charge on any atom is -0.314 e. The highest BCUT2D eigenvalue weighted by Crippen LogP contribution is 2.40. The Hall–Kier alpha value is -2.79. The number of hydrogen-bond donors (Lipinski definition) is 2. The van der Waals surface area contributed by atoms with Crippen LogP contribution in [0.25, 0.3) is 0 Å². The number of halogens is 6. The largest absolute Gasteiger partial charge is 0.440 e. The van der Waals surface area contributed by atoms with E-state index in [9.17, 15) is 40.7 Å². The molecule has 0 aromatic heterocycles. The maximum atomic E-state index is 14.0. The van der Waals surface area contributed by atoms with E-state index >= 15 is 0 Å². The van der Waals surface area contributed by atoms with E-state index in [1.807, 2.05) is 6.92 Å². The number of imide groups is 1. The van der Waals surface area contributed by atoms with Crippen molar-refractivity contribution in [2.24, 2.45) is 11.8 Å². The Bertz CT molecular complexity index is 932. The summed E-state index contributed by atoms with van der Waals surface area (Å²) in [5, 5.41) is 2.99. The first kappa shape index (κ1) is 23.9. The van der Waals surface area contributed by atoms with Gasteiger partial charge in [0, 0.05) is 11.6 Å². The molecule has 2 N–H and O–H groups in total. The number of nitrogens with zero attached hydrogens (tertiary/aromatic N) is 1. The molecule has 4 atom stereocenters. The lowest BCUT2D eigenvalue weighted by molar-refractivity contribution is -0.201. The van der Waals surface area contributed by atoms with E-state index in [2.05, 4.69) is 0 Å². The summed E-state index contributed by atoms with van der Waals surface area (Å²) in [4.78, 5) is 38.4. The highest BCUT2D eigenvalue weighted by Gasteiger charge is 2.70. The number of hydrogen-bond acceptors (Lipinski definition) is 3. The van der Waals surface area contributed by atoms with Gasteiger partial charge in [-0.3, -0.25) is 19.8 Å². The summed E-state index contributed by atoms with van der Waals surface area (Å²) in [5.41, 5.74) is -5.78. The fraction of sp³-hybridized carbons (Fsp3) is 0.550. The number of nitrogens with one attached hydrogen (secondary N) is 2. The smallest absolute Gasteiger partial charge is 0.314 e. The predicted octanol–water partition coefficient (Wildman–Crippen LogP) is 4.07. The van der Waals surface area contributed by atoms with Crippen LogP contribution in [0.3, 0.4) is 0 Å². The Morgan fingerprint density at radius 2 is 1.78 bits per heavy atom. The lowest BCUT2D eigenvalue weighted by Gasteiger charge is -2.38. The standard InChI is InChI=1S/C20H21F6N3O3/c1-10-5-3-8-14(11(10)2)29-16(31)18(20(24,25)26,28-17(29)32)27-15(30)12-6-4-7-13(9-12)19(21,22)23/h4,6-7,9-11,14H,3,5,8H2,1-2H3,(H,27,30)(H,28,32)/t10-,11-,14+,18+/m1/s1. The highest BCUT2D eigenvalue weighted by molar-refractivity contribution is 6.10. The number of benzene rings is 1. The van der Waals surface area contributed by atoms with Crippen molar-refractivity contribution in [1.82, 2.24) is 15.5 Å². The second kappa shape index (κ2) is 7.96. The minimum atomic E-state index is -5.45. The molecular weight excluding hydrogens is 444 g/mol. The van der Waals surface area contributed by atoms with Crippen LogP contribution in [-0.4, -0.2) is 40.6 Å². The Morgan fingerprint density at radius 1 is 1.12 bits per heavy atom. The van der Waals surface area contributed by atoms with Crippen LogP contribution in [0.2, 0.25) is 0 Å². The summed E-state index contributed by atoms with van der Waals surface area (Å²) in [6.07, 6.45) is -8.59. The molecule has 32 heavy (non-hydrogen) atoms. The van der Waals surface area contributed by atoms with Crippen LogP contribution in [-0.2, 0) is 11.0 Å². The highest BCUT2D eigenvalue weighted by atomic mass is 19.4. The van der Waals surface area contributed by atoms with Crippen LogP contribution >= 0.6 is 0 Å². The summed E-state index contributed by atoms with van der Waals surface area (Å²) in [5.74, 6) is -3.52. The molecule has 0 spiro atoms. The molecule has 1 saturated heterocycles. The first-order chi connectivity index (χ1) is 14.7. The number of urea groups is 1. The van der Waals surface area contributed by atoms with Crippen molar-refractivity contribution in [1.29, 1.82) is 0 Å². The van der Waals surface area contributed by atoms with Crippen LogP contribution < -0.4 is 10.6 Å². The zero-order valence-electron chi connectivity index (χ0n) is 17.1. The molecule has 12 heteroatoms. The van der Waals surface area contributed by atoms with Crippen LogP contribution in [0.4, 0.5) is 31.1 Å². The van der Waals surface area contributed by atoms with Crippen molar-refractivity contribution in [3.63, 3.8) is 0 Å². The molecule has 1 aliphatic carbocycles. The van der Waals surface area contributed by atoms with Crippen LogP contribution in [0.1, 0.15) is 49.0 Å². The summed E-state index contributed by atoms with van der Waals surface area (Å²) >= 11 is 0. The van der Waals surface area contributed by atoms with Gasteiger partial charge in [-0.15, -0.1) is 0 Å². The molecule has 1 aliphatic heterocycles. The minimum absolute atomic E-state index is 0.0509. The third-order valence-corrected chi connectivity index (χ3v) is 6.23. The number of rotatable bonds is 3. The summed E-state index contributed by atoms with van der Waals surface area (Å²) < 4.78 is 80.9. The van der Waals surface area contributed by atoms with Gasteiger partial charge in [0.15, 0.2) is 0 Å². The van der Waals surface area contributed by atoms with E-state index in [1.54, 1.807) is 12.2 Å². The molecule has 3 rings (SSSR count). The summed E-state index contributed by atoms with van der Waals surface area (Å²) in [6.45, 7) is 3.59. The normalized spacial score (nSPS) is 29.1. The average molecular weight is 465 g/mol. The van der Waals surface area contributed by atoms with Gasteiger partial charge < -0.3 is 5.32 Å². The van der Waals surface area contributed by atoms with Crippen LogP contribution in [0.15, 0.2) is 24.3 Å². The average Bonchev–Trinajstić information content (AvgIpc) is 2.94. The molecule has 0 unspecified atom stereocenters. The van der Waals surface area contributed by atoms with Gasteiger partial charge in [0.25, 0.3) is 17.5 Å². The number of carbonyl (C=O) groups is 3. The SMILES string of the molecule is C[C@@H]1[C@H](C)CCC[C@@H]1N1C(=O)N[C@](NC(=O)c2cccc(C(F)(F)F)c2)(C(F)(F)F)C1=O. The second-order valence-corrected chi connectivity index (χ2v) is 8.22. The van der Waals surface area contributed by atoms with Gasteiger partial charge in [0.05, 0.1) is 5.56 Å². The second-order valence-electron chi connectivity index (χ2n) is 8.22. The molecule has 1 aromatic carbocycles. The molecule has 2 aliphatic rings. The molecule has 1 saturated carbocycles. The monoisotopic (exact) mass is 465 g/mol. The summed E-state index contributed by atoms with van der Waals surface area (Å²) in [6, 6.07) is 0.613.